The lowest BCUT2D eigenvalue weighted by atomic mass is 10.2. The maximum atomic E-state index is 12.8. The standard InChI is InChI=1S/C20H18N4O3S/c1-26-13-8-9-15(16(10-13)27-2)24-19(25)18-17(22)14(11-21)20(28-18)23-12-6-4-3-5-7-12/h3-10,23H,22H2,1-2H3,(H,24,25). The lowest BCUT2D eigenvalue weighted by molar-refractivity contribution is 0.103. The number of nitrogens with two attached hydrogens (primary N) is 1. The van der Waals surface area contributed by atoms with Gasteiger partial charge in [-0.05, 0) is 24.3 Å². The van der Waals surface area contributed by atoms with E-state index in [2.05, 4.69) is 16.7 Å². The molecule has 142 valence electrons. The number of nitrogens with zero attached hydrogens (tertiary/aromatic N) is 1. The quantitative estimate of drug-likeness (QED) is 0.578. The third-order valence-corrected chi connectivity index (χ3v) is 5.07. The molecule has 0 atom stereocenters. The van der Waals surface area contributed by atoms with Crippen LogP contribution in [-0.2, 0) is 0 Å². The summed E-state index contributed by atoms with van der Waals surface area (Å²) in [6.07, 6.45) is 0. The van der Waals surface area contributed by atoms with Gasteiger partial charge in [-0.2, -0.15) is 5.26 Å². The molecule has 0 aliphatic heterocycles. The minimum atomic E-state index is -0.427. The van der Waals surface area contributed by atoms with Crippen molar-refractivity contribution in [2.24, 2.45) is 0 Å². The van der Waals surface area contributed by atoms with Crippen LogP contribution in [0.5, 0.6) is 11.5 Å². The molecule has 0 spiro atoms. The maximum absolute atomic E-state index is 12.8. The van der Waals surface area contributed by atoms with Gasteiger partial charge in [0.15, 0.2) is 0 Å². The van der Waals surface area contributed by atoms with Crippen molar-refractivity contribution in [2.45, 2.75) is 0 Å². The molecule has 0 radical (unpaired) electrons. The number of anilines is 4. The van der Waals surface area contributed by atoms with Gasteiger partial charge >= 0.3 is 0 Å². The molecule has 1 amide bonds. The monoisotopic (exact) mass is 394 g/mol. The number of benzene rings is 2. The molecule has 3 rings (SSSR count). The Bertz CT molecular complexity index is 1040. The van der Waals surface area contributed by atoms with Gasteiger partial charge in [0.05, 0.1) is 25.6 Å². The van der Waals surface area contributed by atoms with Crippen LogP contribution >= 0.6 is 11.3 Å². The first-order valence-corrected chi connectivity index (χ1v) is 9.06. The minimum absolute atomic E-state index is 0.135. The molecule has 0 saturated heterocycles. The van der Waals surface area contributed by atoms with E-state index in [1.54, 1.807) is 25.3 Å². The van der Waals surface area contributed by atoms with E-state index >= 15 is 0 Å². The number of nitrogens with one attached hydrogen (secondary N) is 2. The van der Waals surface area contributed by atoms with Crippen LogP contribution in [0.15, 0.2) is 48.5 Å². The predicted octanol–water partition coefficient (Wildman–Crippen LogP) is 4.22. The Labute approximate surface area is 166 Å². The summed E-state index contributed by atoms with van der Waals surface area (Å²) in [5.74, 6) is 0.626. The third-order valence-electron chi connectivity index (χ3n) is 3.95. The number of methoxy groups -OCH3 is 2. The second-order valence-electron chi connectivity index (χ2n) is 5.67. The number of rotatable bonds is 6. The number of thiophene rings is 1. The normalized spacial score (nSPS) is 10.0. The van der Waals surface area contributed by atoms with E-state index in [1.807, 2.05) is 30.3 Å². The summed E-state index contributed by atoms with van der Waals surface area (Å²) in [4.78, 5) is 13.0. The Kier molecular flexibility index (Phi) is 5.67. The van der Waals surface area contributed by atoms with Gasteiger partial charge in [0.2, 0.25) is 0 Å². The van der Waals surface area contributed by atoms with Crippen LogP contribution in [-0.4, -0.2) is 20.1 Å². The van der Waals surface area contributed by atoms with E-state index < -0.39 is 5.91 Å². The van der Waals surface area contributed by atoms with E-state index in [4.69, 9.17) is 15.2 Å². The Morgan fingerprint density at radius 2 is 1.89 bits per heavy atom. The van der Waals surface area contributed by atoms with Gasteiger partial charge in [-0.1, -0.05) is 18.2 Å². The first kappa shape index (κ1) is 19.1. The Morgan fingerprint density at radius 3 is 2.54 bits per heavy atom. The average molecular weight is 394 g/mol. The summed E-state index contributed by atoms with van der Waals surface area (Å²) in [7, 11) is 3.05. The van der Waals surface area contributed by atoms with Crippen LogP contribution in [0.2, 0.25) is 0 Å². The number of carbonyl (C=O) groups excluding carboxylic acids is 1. The number of nitrogen functional groups attached to an aromatic ring is 1. The van der Waals surface area contributed by atoms with E-state index in [0.29, 0.717) is 22.2 Å². The molecule has 0 fully saturated rings. The summed E-state index contributed by atoms with van der Waals surface area (Å²) in [6, 6.07) is 16.5. The van der Waals surface area contributed by atoms with Crippen molar-refractivity contribution in [3.63, 3.8) is 0 Å². The van der Waals surface area contributed by atoms with Crippen molar-refractivity contribution in [1.82, 2.24) is 0 Å². The number of para-hydroxylation sites is 1. The third kappa shape index (κ3) is 3.84. The van der Waals surface area contributed by atoms with Crippen molar-refractivity contribution in [2.75, 3.05) is 30.6 Å². The van der Waals surface area contributed by atoms with Gasteiger partial charge < -0.3 is 25.8 Å². The van der Waals surface area contributed by atoms with E-state index in [-0.39, 0.29) is 16.1 Å². The molecule has 0 unspecified atom stereocenters. The zero-order chi connectivity index (χ0) is 20.1. The van der Waals surface area contributed by atoms with Gasteiger partial charge in [-0.3, -0.25) is 4.79 Å². The second-order valence-corrected chi connectivity index (χ2v) is 6.69. The lowest BCUT2D eigenvalue weighted by Crippen LogP contribution is -2.13. The molecule has 0 bridgehead atoms. The highest BCUT2D eigenvalue weighted by atomic mass is 32.1. The zero-order valence-corrected chi connectivity index (χ0v) is 16.1. The maximum Gasteiger partial charge on any atom is 0.268 e. The molecule has 2 aromatic carbocycles. The summed E-state index contributed by atoms with van der Waals surface area (Å²) in [6.45, 7) is 0. The fourth-order valence-electron chi connectivity index (χ4n) is 2.55. The van der Waals surface area contributed by atoms with Gasteiger partial charge in [-0.25, -0.2) is 0 Å². The Hall–Kier alpha value is -3.70. The number of amides is 1. The first-order chi connectivity index (χ1) is 13.6. The van der Waals surface area contributed by atoms with Crippen LogP contribution in [0.4, 0.5) is 22.1 Å². The SMILES string of the molecule is COc1ccc(NC(=O)c2sc(Nc3ccccc3)c(C#N)c2N)c(OC)c1. The molecule has 0 aliphatic rings. The topological polar surface area (TPSA) is 109 Å². The van der Waals surface area contributed by atoms with Crippen molar-refractivity contribution in [1.29, 1.82) is 5.26 Å². The van der Waals surface area contributed by atoms with Crippen molar-refractivity contribution in [3.8, 4) is 17.6 Å². The number of hydrogen-bond acceptors (Lipinski definition) is 7. The molecule has 8 heteroatoms. The largest absolute Gasteiger partial charge is 0.497 e. The number of ether oxygens (including phenoxy) is 2. The van der Waals surface area contributed by atoms with Crippen LogP contribution < -0.4 is 25.8 Å². The molecule has 28 heavy (non-hydrogen) atoms. The van der Waals surface area contributed by atoms with Crippen molar-refractivity contribution in [3.05, 3.63) is 59.0 Å². The molecule has 7 nitrogen and oxygen atoms in total. The molecular formula is C20H18N4O3S. The van der Waals surface area contributed by atoms with Crippen molar-refractivity contribution >= 4 is 39.3 Å². The summed E-state index contributed by atoms with van der Waals surface area (Å²) < 4.78 is 10.5. The predicted molar refractivity (Wildman–Crippen MR) is 111 cm³/mol. The summed E-state index contributed by atoms with van der Waals surface area (Å²) in [5, 5.41) is 15.9. The molecular weight excluding hydrogens is 376 g/mol. The van der Waals surface area contributed by atoms with Crippen molar-refractivity contribution < 1.29 is 14.3 Å². The van der Waals surface area contributed by atoms with Gasteiger partial charge in [-0.15, -0.1) is 11.3 Å². The first-order valence-electron chi connectivity index (χ1n) is 8.25. The van der Waals surface area contributed by atoms with Gasteiger partial charge in [0.1, 0.15) is 33.0 Å². The number of nitriles is 1. The summed E-state index contributed by atoms with van der Waals surface area (Å²) in [5.41, 5.74) is 7.71. The van der Waals surface area contributed by atoms with E-state index in [9.17, 15) is 10.1 Å². The second kappa shape index (κ2) is 8.33. The molecule has 1 aromatic heterocycles. The lowest BCUT2D eigenvalue weighted by Gasteiger charge is -2.11. The highest BCUT2D eigenvalue weighted by Crippen LogP contribution is 2.38. The highest BCUT2D eigenvalue weighted by Gasteiger charge is 2.22. The molecule has 0 saturated carbocycles. The van der Waals surface area contributed by atoms with Gasteiger partial charge in [0.25, 0.3) is 5.91 Å². The van der Waals surface area contributed by atoms with E-state index in [0.717, 1.165) is 17.0 Å². The number of carbonyl (C=O) groups is 1. The summed E-state index contributed by atoms with van der Waals surface area (Å²) >= 11 is 1.12. The molecule has 0 aliphatic carbocycles. The fourth-order valence-corrected chi connectivity index (χ4v) is 3.53. The molecule has 3 aromatic rings. The zero-order valence-electron chi connectivity index (χ0n) is 15.3. The Balaban J connectivity index is 1.89. The van der Waals surface area contributed by atoms with Crippen LogP contribution in [0.1, 0.15) is 15.2 Å². The fraction of sp³-hybridized carbons (Fsp3) is 0.100. The average Bonchev–Trinajstić information content (AvgIpc) is 3.04. The molecule has 4 N–H and O–H groups in total. The van der Waals surface area contributed by atoms with E-state index in [1.165, 1.54) is 7.11 Å². The highest BCUT2D eigenvalue weighted by molar-refractivity contribution is 7.19. The van der Waals surface area contributed by atoms with Crippen LogP contribution in [0.25, 0.3) is 0 Å². The molecule has 1 heterocycles. The van der Waals surface area contributed by atoms with Gasteiger partial charge in [0, 0.05) is 11.8 Å². The smallest absolute Gasteiger partial charge is 0.268 e. The minimum Gasteiger partial charge on any atom is -0.497 e. The number of hydrogen-bond donors (Lipinski definition) is 3. The Morgan fingerprint density at radius 1 is 1.14 bits per heavy atom. The van der Waals surface area contributed by atoms with Crippen LogP contribution in [0.3, 0.4) is 0 Å². The van der Waals surface area contributed by atoms with Crippen LogP contribution in [0, 0.1) is 11.3 Å².